The van der Waals surface area contributed by atoms with Crippen LogP contribution in [0.4, 0.5) is 8.78 Å². The summed E-state index contributed by atoms with van der Waals surface area (Å²) in [7, 11) is 0. The summed E-state index contributed by atoms with van der Waals surface area (Å²) in [5, 5.41) is 0. The second kappa shape index (κ2) is 4.70. The molecule has 0 N–H and O–H groups in total. The minimum absolute atomic E-state index is 0.0170. The van der Waals surface area contributed by atoms with Crippen LogP contribution in [0.5, 0.6) is 0 Å². The van der Waals surface area contributed by atoms with Gasteiger partial charge in [-0.1, -0.05) is 24.3 Å². The summed E-state index contributed by atoms with van der Waals surface area (Å²) in [5.41, 5.74) is 0.799. The molecule has 0 aliphatic rings. The van der Waals surface area contributed by atoms with Crippen molar-refractivity contribution in [2.24, 2.45) is 0 Å². The fourth-order valence-electron chi connectivity index (χ4n) is 1.11. The molecular formula is C10H10F2O. The third kappa shape index (κ3) is 2.93. The third-order valence-electron chi connectivity index (χ3n) is 1.75. The van der Waals surface area contributed by atoms with E-state index >= 15 is 0 Å². The maximum Gasteiger partial charge on any atom is 0.263 e. The summed E-state index contributed by atoms with van der Waals surface area (Å²) in [5.74, 6) is 0. The molecule has 0 spiro atoms. The summed E-state index contributed by atoms with van der Waals surface area (Å²) in [6.45, 7) is 0. The van der Waals surface area contributed by atoms with Gasteiger partial charge in [-0.15, -0.1) is 0 Å². The normalized spacial score (nSPS) is 10.4. The van der Waals surface area contributed by atoms with Crippen LogP contribution in [0, 0.1) is 0 Å². The van der Waals surface area contributed by atoms with E-state index in [1.807, 2.05) is 0 Å². The van der Waals surface area contributed by atoms with Crippen LogP contribution in [-0.2, 0) is 11.2 Å². The van der Waals surface area contributed by atoms with E-state index in [0.29, 0.717) is 12.8 Å². The molecule has 0 saturated heterocycles. The Morgan fingerprint density at radius 2 is 2.15 bits per heavy atom. The van der Waals surface area contributed by atoms with Crippen LogP contribution in [0.1, 0.15) is 24.0 Å². The molecule has 13 heavy (non-hydrogen) atoms. The van der Waals surface area contributed by atoms with Gasteiger partial charge in [0.15, 0.2) is 0 Å². The number of aryl methyl sites for hydroxylation is 1. The second-order valence-electron chi connectivity index (χ2n) is 2.75. The molecule has 0 unspecified atom stereocenters. The lowest BCUT2D eigenvalue weighted by atomic mass is 10.1. The van der Waals surface area contributed by atoms with Gasteiger partial charge in [-0.3, -0.25) is 0 Å². The smallest absolute Gasteiger partial charge is 0.263 e. The van der Waals surface area contributed by atoms with Gasteiger partial charge in [-0.2, -0.15) is 0 Å². The molecule has 0 saturated carbocycles. The van der Waals surface area contributed by atoms with Crippen molar-refractivity contribution >= 4 is 6.29 Å². The SMILES string of the molecule is O=CCCc1cccc(C(F)F)c1. The van der Waals surface area contributed by atoms with Gasteiger partial charge in [0, 0.05) is 12.0 Å². The van der Waals surface area contributed by atoms with Crippen LogP contribution in [0.15, 0.2) is 24.3 Å². The largest absolute Gasteiger partial charge is 0.303 e. The zero-order valence-electron chi connectivity index (χ0n) is 7.04. The summed E-state index contributed by atoms with van der Waals surface area (Å²) in [6, 6.07) is 6.15. The molecule has 3 heteroatoms. The number of hydrogen-bond donors (Lipinski definition) is 0. The molecule has 1 nitrogen and oxygen atoms in total. The molecule has 0 aliphatic carbocycles. The van der Waals surface area contributed by atoms with Crippen LogP contribution >= 0.6 is 0 Å². The fourth-order valence-corrected chi connectivity index (χ4v) is 1.11. The second-order valence-corrected chi connectivity index (χ2v) is 2.75. The Hall–Kier alpha value is -1.25. The molecule has 1 aromatic rings. The topological polar surface area (TPSA) is 17.1 Å². The first-order valence-electron chi connectivity index (χ1n) is 4.04. The van der Waals surface area contributed by atoms with Crippen LogP contribution in [0.25, 0.3) is 0 Å². The molecule has 0 amide bonds. The number of carbonyl (C=O) groups excluding carboxylic acids is 1. The fraction of sp³-hybridized carbons (Fsp3) is 0.300. The van der Waals surface area contributed by atoms with Gasteiger partial charge in [-0.05, 0) is 12.0 Å². The number of rotatable bonds is 4. The van der Waals surface area contributed by atoms with E-state index in [-0.39, 0.29) is 5.56 Å². The highest BCUT2D eigenvalue weighted by Gasteiger charge is 2.06. The van der Waals surface area contributed by atoms with Crippen molar-refractivity contribution in [3.63, 3.8) is 0 Å². The van der Waals surface area contributed by atoms with E-state index in [4.69, 9.17) is 0 Å². The maximum absolute atomic E-state index is 12.2. The van der Waals surface area contributed by atoms with Crippen LogP contribution in [0.2, 0.25) is 0 Å². The molecular weight excluding hydrogens is 174 g/mol. The lowest BCUT2D eigenvalue weighted by molar-refractivity contribution is -0.107. The molecule has 0 atom stereocenters. The van der Waals surface area contributed by atoms with E-state index in [1.54, 1.807) is 12.1 Å². The number of carbonyl (C=O) groups is 1. The summed E-state index contributed by atoms with van der Waals surface area (Å²) < 4.78 is 24.4. The molecule has 0 bridgehead atoms. The predicted molar refractivity (Wildman–Crippen MR) is 45.8 cm³/mol. The molecule has 0 radical (unpaired) electrons. The zero-order valence-corrected chi connectivity index (χ0v) is 7.04. The summed E-state index contributed by atoms with van der Waals surface area (Å²) >= 11 is 0. The molecule has 0 fully saturated rings. The third-order valence-corrected chi connectivity index (χ3v) is 1.75. The number of benzene rings is 1. The van der Waals surface area contributed by atoms with Crippen molar-refractivity contribution in [2.75, 3.05) is 0 Å². The van der Waals surface area contributed by atoms with Crippen molar-refractivity contribution in [3.05, 3.63) is 35.4 Å². The van der Waals surface area contributed by atoms with Crippen molar-refractivity contribution < 1.29 is 13.6 Å². The summed E-state index contributed by atoms with van der Waals surface area (Å²) in [4.78, 5) is 10.0. The molecule has 1 rings (SSSR count). The van der Waals surface area contributed by atoms with Crippen molar-refractivity contribution in [3.8, 4) is 0 Å². The Morgan fingerprint density at radius 1 is 1.38 bits per heavy atom. The number of halogens is 2. The van der Waals surface area contributed by atoms with Crippen LogP contribution in [-0.4, -0.2) is 6.29 Å². The van der Waals surface area contributed by atoms with E-state index in [0.717, 1.165) is 11.8 Å². The van der Waals surface area contributed by atoms with E-state index in [9.17, 15) is 13.6 Å². The highest BCUT2D eigenvalue weighted by molar-refractivity contribution is 5.50. The first-order valence-corrected chi connectivity index (χ1v) is 4.04. The first kappa shape index (κ1) is 9.84. The van der Waals surface area contributed by atoms with Crippen molar-refractivity contribution in [1.29, 1.82) is 0 Å². The maximum atomic E-state index is 12.2. The lowest BCUT2D eigenvalue weighted by Crippen LogP contribution is -1.89. The lowest BCUT2D eigenvalue weighted by Gasteiger charge is -2.02. The number of alkyl halides is 2. The Kier molecular flexibility index (Phi) is 3.55. The van der Waals surface area contributed by atoms with E-state index < -0.39 is 6.43 Å². The Morgan fingerprint density at radius 3 is 2.77 bits per heavy atom. The monoisotopic (exact) mass is 184 g/mol. The van der Waals surface area contributed by atoms with E-state index in [2.05, 4.69) is 0 Å². The standard InChI is InChI=1S/C10H10F2O/c11-10(12)9-5-1-3-8(7-9)4-2-6-13/h1,3,5-7,10H,2,4H2. The van der Waals surface area contributed by atoms with Gasteiger partial charge in [0.1, 0.15) is 6.29 Å². The zero-order chi connectivity index (χ0) is 9.68. The number of aldehydes is 1. The Balaban J connectivity index is 2.73. The van der Waals surface area contributed by atoms with Gasteiger partial charge < -0.3 is 4.79 Å². The minimum Gasteiger partial charge on any atom is -0.303 e. The number of hydrogen-bond acceptors (Lipinski definition) is 1. The predicted octanol–water partition coefficient (Wildman–Crippen LogP) is 2.76. The highest BCUT2D eigenvalue weighted by Crippen LogP contribution is 2.19. The van der Waals surface area contributed by atoms with Gasteiger partial charge in [0.2, 0.25) is 0 Å². The molecule has 0 heterocycles. The first-order chi connectivity index (χ1) is 6.24. The molecule has 1 aromatic carbocycles. The van der Waals surface area contributed by atoms with Crippen molar-refractivity contribution in [1.82, 2.24) is 0 Å². The summed E-state index contributed by atoms with van der Waals surface area (Å²) in [6.07, 6.45) is -0.734. The highest BCUT2D eigenvalue weighted by atomic mass is 19.3. The Bertz CT molecular complexity index is 284. The van der Waals surface area contributed by atoms with Crippen molar-refractivity contribution in [2.45, 2.75) is 19.3 Å². The van der Waals surface area contributed by atoms with Crippen LogP contribution in [0.3, 0.4) is 0 Å². The quantitative estimate of drug-likeness (QED) is 0.657. The van der Waals surface area contributed by atoms with Gasteiger partial charge in [0.25, 0.3) is 6.43 Å². The average molecular weight is 184 g/mol. The van der Waals surface area contributed by atoms with E-state index in [1.165, 1.54) is 12.1 Å². The molecule has 0 aliphatic heterocycles. The molecule has 0 aromatic heterocycles. The molecule has 70 valence electrons. The Labute approximate surface area is 75.4 Å². The average Bonchev–Trinajstić information content (AvgIpc) is 2.15. The van der Waals surface area contributed by atoms with Gasteiger partial charge >= 0.3 is 0 Å². The minimum atomic E-state index is -2.43. The van der Waals surface area contributed by atoms with Gasteiger partial charge in [-0.25, -0.2) is 8.78 Å². The van der Waals surface area contributed by atoms with Gasteiger partial charge in [0.05, 0.1) is 0 Å². The van der Waals surface area contributed by atoms with Crippen LogP contribution < -0.4 is 0 Å².